The molecule has 5 rings (SSSR count). The molecule has 3 aromatic carbocycles. The fourth-order valence-electron chi connectivity index (χ4n) is 7.80. The van der Waals surface area contributed by atoms with E-state index in [0.29, 0.717) is 18.9 Å². The molecule has 0 bridgehead atoms. The van der Waals surface area contributed by atoms with Gasteiger partial charge in [-0.2, -0.15) is 0 Å². The Morgan fingerprint density at radius 1 is 0.812 bits per heavy atom. The second-order valence-corrected chi connectivity index (χ2v) is 19.7. The van der Waals surface area contributed by atoms with Crippen LogP contribution in [0.15, 0.2) is 97.6 Å². The molecule has 3 aromatic rings. The highest BCUT2D eigenvalue weighted by Gasteiger charge is 2.50. The van der Waals surface area contributed by atoms with Crippen LogP contribution in [0.1, 0.15) is 85.6 Å². The van der Waals surface area contributed by atoms with Crippen molar-refractivity contribution in [2.45, 2.75) is 121 Å². The van der Waals surface area contributed by atoms with E-state index >= 15 is 0 Å². The van der Waals surface area contributed by atoms with Gasteiger partial charge in [-0.1, -0.05) is 120 Å². The van der Waals surface area contributed by atoms with Crippen LogP contribution in [-0.2, 0) is 24.1 Å². The van der Waals surface area contributed by atoms with Gasteiger partial charge in [-0.3, -0.25) is 0 Å². The molecule has 5 nitrogen and oxygen atoms in total. The van der Waals surface area contributed by atoms with E-state index < -0.39 is 8.32 Å². The molecule has 2 heterocycles. The molecule has 6 atom stereocenters. The summed E-state index contributed by atoms with van der Waals surface area (Å²) in [4.78, 5) is 0. The summed E-state index contributed by atoms with van der Waals surface area (Å²) in [6, 6.07) is 30.1. The lowest BCUT2D eigenvalue weighted by molar-refractivity contribution is -0.265. The monoisotopic (exact) mass is 670 g/mol. The highest BCUT2D eigenvalue weighted by molar-refractivity contribution is 6.99. The van der Waals surface area contributed by atoms with Crippen LogP contribution in [0.25, 0.3) is 0 Å². The molecule has 0 aromatic heterocycles. The Labute approximate surface area is 291 Å². The van der Waals surface area contributed by atoms with Gasteiger partial charge in [-0.05, 0) is 58.3 Å². The zero-order valence-electron chi connectivity index (χ0n) is 30.3. The van der Waals surface area contributed by atoms with Gasteiger partial charge in [0.25, 0.3) is 8.32 Å². The van der Waals surface area contributed by atoms with Gasteiger partial charge in [-0.25, -0.2) is 0 Å². The second kappa shape index (κ2) is 15.9. The van der Waals surface area contributed by atoms with Gasteiger partial charge in [0.05, 0.1) is 31.5 Å². The third-order valence-electron chi connectivity index (χ3n) is 10.7. The first kappa shape index (κ1) is 36.5. The van der Waals surface area contributed by atoms with E-state index in [1.54, 1.807) is 7.11 Å². The molecule has 0 aliphatic carbocycles. The smallest absolute Gasteiger partial charge is 0.261 e. The number of benzene rings is 3. The van der Waals surface area contributed by atoms with Crippen LogP contribution >= 0.6 is 0 Å². The first-order valence-corrected chi connectivity index (χ1v) is 19.9. The third-order valence-corrected chi connectivity index (χ3v) is 15.8. The fraction of sp³-hybridized carbons (Fsp3) is 0.524. The first-order valence-electron chi connectivity index (χ1n) is 17.9. The minimum absolute atomic E-state index is 0.0223. The van der Waals surface area contributed by atoms with E-state index in [-0.39, 0.29) is 41.2 Å². The summed E-state index contributed by atoms with van der Waals surface area (Å²) in [6.07, 6.45) is 7.46. The Kier molecular flexibility index (Phi) is 12.1. The van der Waals surface area contributed by atoms with Gasteiger partial charge in [0.2, 0.25) is 0 Å². The highest BCUT2D eigenvalue weighted by atomic mass is 28.4. The lowest BCUT2D eigenvalue weighted by Gasteiger charge is -2.46. The molecular formula is C42H58O5Si. The van der Waals surface area contributed by atoms with Crippen molar-refractivity contribution >= 4 is 18.7 Å². The molecule has 2 fully saturated rings. The number of hydrogen-bond acceptors (Lipinski definition) is 5. The average Bonchev–Trinajstić information content (AvgIpc) is 3.08. The van der Waals surface area contributed by atoms with Crippen molar-refractivity contribution in [1.82, 2.24) is 0 Å². The fourth-order valence-corrected chi connectivity index (χ4v) is 12.4. The van der Waals surface area contributed by atoms with E-state index in [2.05, 4.69) is 121 Å². The summed E-state index contributed by atoms with van der Waals surface area (Å²) in [5.41, 5.74) is 0.986. The molecule has 0 spiro atoms. The van der Waals surface area contributed by atoms with Gasteiger partial charge in [0.1, 0.15) is 5.75 Å². The van der Waals surface area contributed by atoms with Crippen molar-refractivity contribution < 1.29 is 23.4 Å². The Bertz CT molecular complexity index is 1380. The predicted octanol–water partition coefficient (Wildman–Crippen LogP) is 8.59. The molecule has 0 N–H and O–H groups in total. The maximum Gasteiger partial charge on any atom is 0.261 e. The van der Waals surface area contributed by atoms with Crippen LogP contribution in [0, 0.1) is 5.92 Å². The number of hydrogen-bond donors (Lipinski definition) is 0. The summed E-state index contributed by atoms with van der Waals surface area (Å²) in [7, 11) is -0.969. The predicted molar refractivity (Wildman–Crippen MR) is 199 cm³/mol. The van der Waals surface area contributed by atoms with Crippen LogP contribution in [0.3, 0.4) is 0 Å². The molecule has 1 unspecified atom stereocenters. The summed E-state index contributed by atoms with van der Waals surface area (Å²) < 4.78 is 33.1. The average molecular weight is 671 g/mol. The summed E-state index contributed by atoms with van der Waals surface area (Å²) in [5.74, 6) is 1.35. The van der Waals surface area contributed by atoms with Gasteiger partial charge in [-0.15, -0.1) is 6.58 Å². The number of methoxy groups -OCH3 is 1. The van der Waals surface area contributed by atoms with Crippen molar-refractivity contribution in [2.75, 3.05) is 13.7 Å². The zero-order chi connectivity index (χ0) is 34.4. The summed E-state index contributed by atoms with van der Waals surface area (Å²) in [5, 5.41) is 2.47. The van der Waals surface area contributed by atoms with Gasteiger partial charge in [0, 0.05) is 31.3 Å². The quantitative estimate of drug-likeness (QED) is 0.135. The van der Waals surface area contributed by atoms with E-state index in [4.69, 9.17) is 23.4 Å². The molecule has 48 heavy (non-hydrogen) atoms. The highest BCUT2D eigenvalue weighted by Crippen LogP contribution is 2.41. The van der Waals surface area contributed by atoms with Crippen LogP contribution < -0.4 is 15.1 Å². The van der Waals surface area contributed by atoms with E-state index in [1.807, 2.05) is 18.2 Å². The van der Waals surface area contributed by atoms with Gasteiger partial charge >= 0.3 is 0 Å². The SMILES string of the molecule is C=CC[C@@H]1CC[C@H](C)[C@@H](C[C@@H]2C[C@H](C(C)(C)c3ccc(OC)cc3)OC(CCO[Si](c3ccccc3)(c3ccccc3)C(C)(C)C)O2)O1. The molecular weight excluding hydrogens is 613 g/mol. The van der Waals surface area contributed by atoms with Crippen molar-refractivity contribution in [3.8, 4) is 5.75 Å². The lowest BCUT2D eigenvalue weighted by atomic mass is 9.76. The molecule has 0 amide bonds. The number of ether oxygens (including phenoxy) is 4. The van der Waals surface area contributed by atoms with Gasteiger partial charge < -0.3 is 23.4 Å². The molecule has 0 radical (unpaired) electrons. The Morgan fingerprint density at radius 3 is 2.00 bits per heavy atom. The Morgan fingerprint density at radius 2 is 1.44 bits per heavy atom. The van der Waals surface area contributed by atoms with E-state index in [1.165, 1.54) is 22.4 Å². The molecule has 2 saturated heterocycles. The largest absolute Gasteiger partial charge is 0.497 e. The van der Waals surface area contributed by atoms with E-state index in [9.17, 15) is 0 Å². The van der Waals surface area contributed by atoms with Crippen LogP contribution in [0.2, 0.25) is 5.04 Å². The van der Waals surface area contributed by atoms with Crippen molar-refractivity contribution in [3.05, 3.63) is 103 Å². The maximum atomic E-state index is 7.27. The normalized spacial score (nSPS) is 25.4. The summed E-state index contributed by atoms with van der Waals surface area (Å²) >= 11 is 0. The third kappa shape index (κ3) is 8.17. The topological polar surface area (TPSA) is 46.2 Å². The first-order chi connectivity index (χ1) is 23.0. The summed E-state index contributed by atoms with van der Waals surface area (Å²) in [6.45, 7) is 18.4. The Hall–Kier alpha value is -2.74. The van der Waals surface area contributed by atoms with Crippen LogP contribution in [-0.4, -0.2) is 52.7 Å². The second-order valence-electron chi connectivity index (χ2n) is 15.4. The van der Waals surface area contributed by atoms with Crippen molar-refractivity contribution in [1.29, 1.82) is 0 Å². The molecule has 0 saturated carbocycles. The lowest BCUT2D eigenvalue weighted by Crippen LogP contribution is -2.66. The molecule has 6 heteroatoms. The molecule has 260 valence electrons. The van der Waals surface area contributed by atoms with Gasteiger partial charge in [0.15, 0.2) is 6.29 Å². The zero-order valence-corrected chi connectivity index (χ0v) is 31.3. The van der Waals surface area contributed by atoms with E-state index in [0.717, 1.165) is 31.4 Å². The minimum Gasteiger partial charge on any atom is -0.497 e. The number of rotatable bonds is 13. The van der Waals surface area contributed by atoms with Crippen LogP contribution in [0.4, 0.5) is 0 Å². The molecule has 2 aliphatic heterocycles. The standard InChI is InChI=1S/C42H58O5Si/c1-9-16-34-24-21-31(2)38(45-34)29-35-30-39(42(6,7)32-22-25-33(43-8)26-23-32)47-40(46-35)27-28-44-48(41(3,4)5,36-17-12-10-13-18-36)37-19-14-11-15-20-37/h9-15,17-20,22-23,25-26,31,34-35,38-40H,1,16,21,24,27-30H2,2-8H3/t31-,34+,35+,38+,39+,40?/m0/s1. The van der Waals surface area contributed by atoms with Crippen molar-refractivity contribution in [3.63, 3.8) is 0 Å². The van der Waals surface area contributed by atoms with Crippen molar-refractivity contribution in [2.24, 2.45) is 5.92 Å². The maximum absolute atomic E-state index is 7.27. The van der Waals surface area contributed by atoms with Crippen LogP contribution in [0.5, 0.6) is 5.75 Å². The Balaban J connectivity index is 1.39. The molecule has 2 aliphatic rings. The minimum atomic E-state index is -2.68.